The fraction of sp³-hybridized carbons (Fsp3) is 0.467. The van der Waals surface area contributed by atoms with E-state index in [9.17, 15) is 5.11 Å². The highest BCUT2D eigenvalue weighted by atomic mass is 127. The van der Waals surface area contributed by atoms with Crippen LogP contribution >= 0.6 is 22.6 Å². The van der Waals surface area contributed by atoms with Crippen molar-refractivity contribution < 1.29 is 14.4 Å². The molecule has 1 heterocycles. The fourth-order valence-corrected chi connectivity index (χ4v) is 3.33. The molecule has 0 radical (unpaired) electrons. The molecule has 21 heavy (non-hydrogen) atoms. The van der Waals surface area contributed by atoms with Crippen LogP contribution < -0.4 is 0 Å². The summed E-state index contributed by atoms with van der Waals surface area (Å²) in [5.74, 6) is 1.06. The lowest BCUT2D eigenvalue weighted by atomic mass is 9.84. The Morgan fingerprint density at radius 2 is 2.05 bits per heavy atom. The molecule has 1 aliphatic carbocycles. The topological polar surface area (TPSA) is 68.4 Å². The third-order valence-electron chi connectivity index (χ3n) is 4.07. The number of phenolic OH excluding ortho intramolecular Hbond substituents is 1. The lowest BCUT2D eigenvalue weighted by Crippen LogP contribution is -2.32. The maximum Gasteiger partial charge on any atom is 0.261 e. The first-order valence-electron chi connectivity index (χ1n) is 7.03. The molecule has 1 aromatic carbocycles. The van der Waals surface area contributed by atoms with Crippen LogP contribution in [0.4, 0.5) is 0 Å². The van der Waals surface area contributed by atoms with Gasteiger partial charge in [-0.15, -0.1) is 0 Å². The van der Waals surface area contributed by atoms with E-state index in [1.54, 1.807) is 13.2 Å². The van der Waals surface area contributed by atoms with Gasteiger partial charge in [-0.2, -0.15) is 4.98 Å². The Bertz CT molecular complexity index is 636. The van der Waals surface area contributed by atoms with Gasteiger partial charge < -0.3 is 14.4 Å². The molecular weight excluding hydrogens is 383 g/mol. The van der Waals surface area contributed by atoms with E-state index in [4.69, 9.17) is 9.26 Å². The summed E-state index contributed by atoms with van der Waals surface area (Å²) in [6.07, 6.45) is 5.23. The molecule has 1 N–H and O–H groups in total. The number of ether oxygens (including phenoxy) is 1. The molecule has 6 heteroatoms. The third-order valence-corrected chi connectivity index (χ3v) is 4.75. The minimum absolute atomic E-state index is 0.140. The lowest BCUT2D eigenvalue weighted by molar-refractivity contribution is -0.0527. The van der Waals surface area contributed by atoms with Gasteiger partial charge in [0.05, 0.1) is 5.56 Å². The molecular formula is C15H17IN2O3. The van der Waals surface area contributed by atoms with E-state index in [0.717, 1.165) is 29.3 Å². The zero-order valence-corrected chi connectivity index (χ0v) is 14.0. The maximum absolute atomic E-state index is 9.97. The van der Waals surface area contributed by atoms with E-state index in [2.05, 4.69) is 32.7 Å². The maximum atomic E-state index is 9.97. The number of aromatic hydroxyl groups is 1. The zero-order valence-electron chi connectivity index (χ0n) is 11.8. The number of phenols is 1. The molecule has 0 atom stereocenters. The predicted molar refractivity (Wildman–Crippen MR) is 85.9 cm³/mol. The van der Waals surface area contributed by atoms with E-state index in [1.807, 2.05) is 12.1 Å². The van der Waals surface area contributed by atoms with Crippen molar-refractivity contribution in [1.82, 2.24) is 10.1 Å². The highest BCUT2D eigenvalue weighted by Gasteiger charge is 2.38. The van der Waals surface area contributed by atoms with Crippen LogP contribution in [-0.2, 0) is 10.3 Å². The first-order chi connectivity index (χ1) is 10.1. The molecule has 1 fully saturated rings. The van der Waals surface area contributed by atoms with Crippen LogP contribution in [0.25, 0.3) is 11.5 Å². The number of nitrogens with zero attached hydrogens (tertiary/aromatic N) is 2. The summed E-state index contributed by atoms with van der Waals surface area (Å²) in [4.78, 5) is 4.48. The van der Waals surface area contributed by atoms with E-state index in [1.165, 1.54) is 6.42 Å². The van der Waals surface area contributed by atoms with Crippen LogP contribution in [0.2, 0.25) is 0 Å². The van der Waals surface area contributed by atoms with Gasteiger partial charge in [0.15, 0.2) is 0 Å². The summed E-state index contributed by atoms with van der Waals surface area (Å²) in [6, 6.07) is 5.29. The van der Waals surface area contributed by atoms with Gasteiger partial charge in [-0.3, -0.25) is 0 Å². The zero-order chi connectivity index (χ0) is 14.9. The number of rotatable bonds is 3. The quantitative estimate of drug-likeness (QED) is 0.793. The molecule has 5 nitrogen and oxygen atoms in total. The second-order valence-electron chi connectivity index (χ2n) is 5.34. The molecule has 0 spiro atoms. The fourth-order valence-electron chi connectivity index (χ4n) is 2.84. The molecule has 1 saturated carbocycles. The van der Waals surface area contributed by atoms with Gasteiger partial charge in [-0.25, -0.2) is 0 Å². The molecule has 3 rings (SSSR count). The number of aromatic nitrogens is 2. The van der Waals surface area contributed by atoms with Crippen LogP contribution in [0, 0.1) is 3.57 Å². The molecule has 1 aliphatic rings. The van der Waals surface area contributed by atoms with E-state index in [-0.39, 0.29) is 5.75 Å². The van der Waals surface area contributed by atoms with Crippen molar-refractivity contribution in [2.75, 3.05) is 7.11 Å². The highest BCUT2D eigenvalue weighted by molar-refractivity contribution is 14.1. The van der Waals surface area contributed by atoms with E-state index >= 15 is 0 Å². The third kappa shape index (κ3) is 2.78. The van der Waals surface area contributed by atoms with Gasteiger partial charge in [0.25, 0.3) is 5.89 Å². The Labute approximate surface area is 136 Å². The van der Waals surface area contributed by atoms with Crippen molar-refractivity contribution in [3.8, 4) is 17.2 Å². The van der Waals surface area contributed by atoms with Gasteiger partial charge >= 0.3 is 0 Å². The average Bonchev–Trinajstić information content (AvgIpc) is 3.00. The molecule has 1 aromatic heterocycles. The molecule has 0 unspecified atom stereocenters. The molecule has 0 amide bonds. The summed E-state index contributed by atoms with van der Waals surface area (Å²) in [5.41, 5.74) is 0.111. The number of hydrogen-bond donors (Lipinski definition) is 1. The van der Waals surface area contributed by atoms with Gasteiger partial charge in [0.2, 0.25) is 5.82 Å². The Balaban J connectivity index is 1.97. The van der Waals surface area contributed by atoms with Crippen molar-refractivity contribution >= 4 is 22.6 Å². The minimum atomic E-state index is -0.447. The first-order valence-corrected chi connectivity index (χ1v) is 8.11. The second-order valence-corrected chi connectivity index (χ2v) is 6.59. The van der Waals surface area contributed by atoms with Crippen molar-refractivity contribution in [2.45, 2.75) is 37.7 Å². The number of hydrogen-bond acceptors (Lipinski definition) is 5. The van der Waals surface area contributed by atoms with E-state index in [0.29, 0.717) is 17.3 Å². The summed E-state index contributed by atoms with van der Waals surface area (Å²) in [5, 5.41) is 14.1. The molecule has 0 bridgehead atoms. The summed E-state index contributed by atoms with van der Waals surface area (Å²) < 4.78 is 12.1. The van der Waals surface area contributed by atoms with Gasteiger partial charge in [-0.1, -0.05) is 24.4 Å². The van der Waals surface area contributed by atoms with Crippen LogP contribution in [0.1, 0.15) is 37.9 Å². The van der Waals surface area contributed by atoms with Crippen LogP contribution in [0.5, 0.6) is 5.75 Å². The smallest absolute Gasteiger partial charge is 0.261 e. The summed E-state index contributed by atoms with van der Waals surface area (Å²) in [6.45, 7) is 0. The van der Waals surface area contributed by atoms with Crippen molar-refractivity contribution in [3.63, 3.8) is 0 Å². The number of methoxy groups -OCH3 is 1. The SMILES string of the molecule is COC1(c2noc(-c3cc(I)ccc3O)n2)CCCCC1. The Hall–Kier alpha value is -1.15. The standard InChI is InChI=1S/C15H17IN2O3/c1-20-15(7-3-2-4-8-15)14-17-13(21-18-14)11-9-10(16)5-6-12(11)19/h5-6,9,19H,2-4,7-8H2,1H3. The van der Waals surface area contributed by atoms with Crippen LogP contribution in [-0.4, -0.2) is 22.4 Å². The molecule has 0 saturated heterocycles. The Kier molecular flexibility index (Phi) is 4.17. The largest absolute Gasteiger partial charge is 0.507 e. The first kappa shape index (κ1) is 14.8. The predicted octanol–water partition coefficient (Wildman–Crippen LogP) is 3.85. The average molecular weight is 400 g/mol. The molecule has 112 valence electrons. The monoisotopic (exact) mass is 400 g/mol. The van der Waals surface area contributed by atoms with Crippen molar-refractivity contribution in [1.29, 1.82) is 0 Å². The van der Waals surface area contributed by atoms with Gasteiger partial charge in [0, 0.05) is 10.7 Å². The normalized spacial score (nSPS) is 17.8. The second kappa shape index (κ2) is 5.92. The molecule has 2 aromatic rings. The summed E-state index contributed by atoms with van der Waals surface area (Å²) >= 11 is 2.18. The Morgan fingerprint density at radius 1 is 1.29 bits per heavy atom. The van der Waals surface area contributed by atoms with Crippen molar-refractivity contribution in [3.05, 3.63) is 27.6 Å². The number of halogens is 1. The minimum Gasteiger partial charge on any atom is -0.507 e. The van der Waals surface area contributed by atoms with Crippen molar-refractivity contribution in [2.24, 2.45) is 0 Å². The number of benzene rings is 1. The summed E-state index contributed by atoms with van der Waals surface area (Å²) in [7, 11) is 1.70. The van der Waals surface area contributed by atoms with Gasteiger partial charge in [0.1, 0.15) is 11.4 Å². The highest BCUT2D eigenvalue weighted by Crippen LogP contribution is 2.39. The lowest BCUT2D eigenvalue weighted by Gasteiger charge is -2.32. The van der Waals surface area contributed by atoms with Crippen LogP contribution in [0.3, 0.4) is 0 Å². The van der Waals surface area contributed by atoms with Crippen LogP contribution in [0.15, 0.2) is 22.7 Å². The van der Waals surface area contributed by atoms with Gasteiger partial charge in [-0.05, 0) is 53.6 Å². The Morgan fingerprint density at radius 3 is 2.76 bits per heavy atom. The van der Waals surface area contributed by atoms with E-state index < -0.39 is 5.60 Å². The molecule has 0 aliphatic heterocycles.